The third-order valence-corrected chi connectivity index (χ3v) is 3.83. The second kappa shape index (κ2) is 5.98. The monoisotopic (exact) mass is 262 g/mol. The molecule has 1 aromatic heterocycles. The zero-order chi connectivity index (χ0) is 13.0. The van der Waals surface area contributed by atoms with Crippen molar-refractivity contribution in [1.82, 2.24) is 4.98 Å². The highest BCUT2D eigenvalue weighted by Crippen LogP contribution is 2.25. The molecule has 0 amide bonds. The van der Waals surface area contributed by atoms with Crippen LogP contribution in [0.25, 0.3) is 0 Å². The first-order chi connectivity index (χ1) is 8.74. The average Bonchev–Trinajstić information content (AvgIpc) is 2.72. The molecule has 0 atom stereocenters. The smallest absolute Gasteiger partial charge is 0.180 e. The van der Waals surface area contributed by atoms with Crippen LogP contribution in [0, 0.1) is 0 Å². The van der Waals surface area contributed by atoms with Crippen LogP contribution in [0.5, 0.6) is 0 Å². The molecule has 2 N–H and O–H groups in total. The molecule has 0 aliphatic carbocycles. The van der Waals surface area contributed by atoms with Gasteiger partial charge in [-0.2, -0.15) is 0 Å². The van der Waals surface area contributed by atoms with E-state index < -0.39 is 0 Å². The normalized spacial score (nSPS) is 10.8. The van der Waals surface area contributed by atoms with Crippen LogP contribution in [0.2, 0.25) is 0 Å². The van der Waals surface area contributed by atoms with Crippen molar-refractivity contribution in [2.24, 2.45) is 0 Å². The number of nitrogen functional groups attached to an aromatic ring is 1. The Balaban J connectivity index is 2.27. The van der Waals surface area contributed by atoms with Crippen molar-refractivity contribution in [2.75, 3.05) is 12.8 Å². The third-order valence-electron chi connectivity index (χ3n) is 2.90. The number of anilines is 1. The molecule has 0 saturated carbocycles. The molecular weight excluding hydrogens is 244 g/mol. The topological polar surface area (TPSA) is 48.1 Å². The van der Waals surface area contributed by atoms with Crippen molar-refractivity contribution in [1.29, 1.82) is 0 Å². The number of hydrogen-bond donors (Lipinski definition) is 1. The maximum Gasteiger partial charge on any atom is 0.180 e. The summed E-state index contributed by atoms with van der Waals surface area (Å²) in [4.78, 5) is 5.63. The minimum absolute atomic E-state index is 0.645. The summed E-state index contributed by atoms with van der Waals surface area (Å²) in [7, 11) is 1.72. The van der Waals surface area contributed by atoms with Gasteiger partial charge in [-0.15, -0.1) is 11.3 Å². The fraction of sp³-hybridized carbons (Fsp3) is 0.357. The predicted molar refractivity (Wildman–Crippen MR) is 75.9 cm³/mol. The molecule has 0 aliphatic heterocycles. The van der Waals surface area contributed by atoms with E-state index in [0.29, 0.717) is 11.7 Å². The fourth-order valence-corrected chi connectivity index (χ4v) is 2.96. The van der Waals surface area contributed by atoms with E-state index in [1.165, 1.54) is 16.0 Å². The molecule has 96 valence electrons. The first-order valence-electron chi connectivity index (χ1n) is 6.04. The third kappa shape index (κ3) is 2.89. The predicted octanol–water partition coefficient (Wildman–Crippen LogP) is 3.02. The zero-order valence-corrected chi connectivity index (χ0v) is 11.6. The van der Waals surface area contributed by atoms with Gasteiger partial charge in [-0.25, -0.2) is 4.98 Å². The number of thiazole rings is 1. The molecular formula is C14H18N2OS. The zero-order valence-electron chi connectivity index (χ0n) is 10.8. The van der Waals surface area contributed by atoms with Crippen LogP contribution in [0.3, 0.4) is 0 Å². The largest absolute Gasteiger partial charge is 0.380 e. The Bertz CT molecular complexity index is 522. The van der Waals surface area contributed by atoms with Gasteiger partial charge in [0, 0.05) is 18.4 Å². The van der Waals surface area contributed by atoms with Crippen LogP contribution < -0.4 is 5.73 Å². The number of nitrogens with zero attached hydrogens (tertiary/aromatic N) is 1. The lowest BCUT2D eigenvalue weighted by atomic mass is 10.0. The summed E-state index contributed by atoms with van der Waals surface area (Å²) >= 11 is 1.59. The van der Waals surface area contributed by atoms with E-state index in [9.17, 15) is 0 Å². The van der Waals surface area contributed by atoms with Crippen LogP contribution >= 0.6 is 11.3 Å². The summed E-state index contributed by atoms with van der Waals surface area (Å²) in [6, 6.07) is 8.35. The van der Waals surface area contributed by atoms with Crippen LogP contribution in [0.1, 0.15) is 28.6 Å². The molecule has 0 aliphatic rings. The standard InChI is InChI=1S/C14H18N2OS/c1-3-12-13(18-14(15)16-12)8-10-6-4-5-7-11(10)9-17-2/h4-7H,3,8-9H2,1-2H3,(H2,15,16). The molecule has 0 bridgehead atoms. The van der Waals surface area contributed by atoms with Gasteiger partial charge < -0.3 is 10.5 Å². The number of nitrogens with two attached hydrogens (primary N) is 1. The molecule has 0 radical (unpaired) electrons. The molecule has 1 heterocycles. The Labute approximate surface area is 112 Å². The number of methoxy groups -OCH3 is 1. The van der Waals surface area contributed by atoms with Gasteiger partial charge in [-0.1, -0.05) is 31.2 Å². The molecule has 1 aromatic carbocycles. The van der Waals surface area contributed by atoms with Crippen LogP contribution in [-0.4, -0.2) is 12.1 Å². The quantitative estimate of drug-likeness (QED) is 0.901. The Hall–Kier alpha value is -1.39. The number of aromatic nitrogens is 1. The number of rotatable bonds is 5. The average molecular weight is 262 g/mol. The van der Waals surface area contributed by atoms with Crippen molar-refractivity contribution in [3.05, 3.63) is 46.0 Å². The van der Waals surface area contributed by atoms with E-state index in [1.54, 1.807) is 18.4 Å². The number of hydrogen-bond acceptors (Lipinski definition) is 4. The van der Waals surface area contributed by atoms with E-state index in [-0.39, 0.29) is 0 Å². The van der Waals surface area contributed by atoms with Crippen molar-refractivity contribution in [3.8, 4) is 0 Å². The van der Waals surface area contributed by atoms with Gasteiger partial charge in [-0.3, -0.25) is 0 Å². The molecule has 4 heteroatoms. The Morgan fingerprint density at radius 1 is 1.28 bits per heavy atom. The molecule has 2 rings (SSSR count). The van der Waals surface area contributed by atoms with Crippen LogP contribution in [0.15, 0.2) is 24.3 Å². The highest BCUT2D eigenvalue weighted by atomic mass is 32.1. The van der Waals surface area contributed by atoms with Crippen molar-refractivity contribution >= 4 is 16.5 Å². The molecule has 0 saturated heterocycles. The lowest BCUT2D eigenvalue weighted by Gasteiger charge is -2.08. The van der Waals surface area contributed by atoms with Crippen molar-refractivity contribution in [2.45, 2.75) is 26.4 Å². The lowest BCUT2D eigenvalue weighted by molar-refractivity contribution is 0.184. The Morgan fingerprint density at radius 2 is 2.00 bits per heavy atom. The van der Waals surface area contributed by atoms with E-state index in [2.05, 4.69) is 30.1 Å². The summed E-state index contributed by atoms with van der Waals surface area (Å²) in [6.45, 7) is 2.75. The summed E-state index contributed by atoms with van der Waals surface area (Å²) in [5.41, 5.74) is 9.42. The van der Waals surface area contributed by atoms with Crippen LogP contribution in [0.4, 0.5) is 5.13 Å². The molecule has 0 unspecified atom stereocenters. The highest BCUT2D eigenvalue weighted by Gasteiger charge is 2.10. The van der Waals surface area contributed by atoms with Gasteiger partial charge in [0.15, 0.2) is 5.13 Å². The second-order valence-electron chi connectivity index (χ2n) is 4.15. The Morgan fingerprint density at radius 3 is 2.67 bits per heavy atom. The SMILES string of the molecule is CCc1nc(N)sc1Cc1ccccc1COC. The van der Waals surface area contributed by atoms with E-state index in [0.717, 1.165) is 18.5 Å². The molecule has 2 aromatic rings. The summed E-state index contributed by atoms with van der Waals surface area (Å²) in [5, 5.41) is 0.658. The van der Waals surface area contributed by atoms with Gasteiger partial charge in [0.05, 0.1) is 12.3 Å². The number of benzene rings is 1. The van der Waals surface area contributed by atoms with Gasteiger partial charge >= 0.3 is 0 Å². The summed E-state index contributed by atoms with van der Waals surface area (Å²) < 4.78 is 5.23. The first-order valence-corrected chi connectivity index (χ1v) is 6.86. The summed E-state index contributed by atoms with van der Waals surface area (Å²) in [6.07, 6.45) is 1.81. The van der Waals surface area contributed by atoms with Gasteiger partial charge in [0.1, 0.15) is 0 Å². The lowest BCUT2D eigenvalue weighted by Crippen LogP contribution is -1.97. The first kappa shape index (κ1) is 13.1. The fourth-order valence-electron chi connectivity index (χ4n) is 2.02. The van der Waals surface area contributed by atoms with E-state index in [1.807, 2.05) is 6.07 Å². The maximum absolute atomic E-state index is 5.79. The van der Waals surface area contributed by atoms with Gasteiger partial charge in [-0.05, 0) is 17.5 Å². The summed E-state index contributed by atoms with van der Waals surface area (Å²) in [5.74, 6) is 0. The molecule has 3 nitrogen and oxygen atoms in total. The molecule has 0 fully saturated rings. The van der Waals surface area contributed by atoms with Crippen molar-refractivity contribution < 1.29 is 4.74 Å². The van der Waals surface area contributed by atoms with E-state index in [4.69, 9.17) is 10.5 Å². The highest BCUT2D eigenvalue weighted by molar-refractivity contribution is 7.15. The molecule has 0 spiro atoms. The second-order valence-corrected chi connectivity index (χ2v) is 5.27. The Kier molecular flexibility index (Phi) is 4.33. The molecule has 18 heavy (non-hydrogen) atoms. The van der Waals surface area contributed by atoms with E-state index >= 15 is 0 Å². The minimum Gasteiger partial charge on any atom is -0.380 e. The minimum atomic E-state index is 0.645. The van der Waals surface area contributed by atoms with Crippen LogP contribution in [-0.2, 0) is 24.2 Å². The van der Waals surface area contributed by atoms with Crippen molar-refractivity contribution in [3.63, 3.8) is 0 Å². The van der Waals surface area contributed by atoms with Gasteiger partial charge in [0.2, 0.25) is 0 Å². The maximum atomic E-state index is 5.79. The number of ether oxygens (including phenoxy) is 1. The van der Waals surface area contributed by atoms with Gasteiger partial charge in [0.25, 0.3) is 0 Å². The number of aryl methyl sites for hydroxylation is 1.